The molecule has 1 aromatic rings. The average molecular weight is 212 g/mol. The molecule has 0 aliphatic carbocycles. The highest BCUT2D eigenvalue weighted by Crippen LogP contribution is 2.06. The predicted octanol–water partition coefficient (Wildman–Crippen LogP) is 1.07. The normalized spacial score (nSPS) is 11.3. The Hall–Kier alpha value is -0.940. The van der Waals surface area contributed by atoms with Gasteiger partial charge in [0.25, 0.3) is 0 Å². The van der Waals surface area contributed by atoms with Gasteiger partial charge >= 0.3 is 0 Å². The third-order valence-corrected chi connectivity index (χ3v) is 2.08. The molecule has 1 rings (SSSR count). The molecule has 86 valence electrons. The molecule has 0 unspecified atom stereocenters. The summed E-state index contributed by atoms with van der Waals surface area (Å²) >= 11 is 0. The highest BCUT2D eigenvalue weighted by Gasteiger charge is 2.10. The fourth-order valence-corrected chi connectivity index (χ4v) is 1.35. The molecule has 5 heteroatoms. The monoisotopic (exact) mass is 212 g/mol. The lowest BCUT2D eigenvalue weighted by atomic mass is 10.4. The number of nitrogens with zero attached hydrogens (tertiary/aromatic N) is 3. The minimum Gasteiger partial charge on any atom is -0.371 e. The molecule has 0 aliphatic rings. The maximum atomic E-state index is 5.59. The Morgan fingerprint density at radius 3 is 2.53 bits per heavy atom. The quantitative estimate of drug-likeness (QED) is 0.766. The summed E-state index contributed by atoms with van der Waals surface area (Å²) in [5.74, 6) is 1.70. The first-order valence-electron chi connectivity index (χ1n) is 5.41. The Kier molecular flexibility index (Phi) is 4.71. The summed E-state index contributed by atoms with van der Waals surface area (Å²) in [5, 5.41) is 8.12. The van der Waals surface area contributed by atoms with Gasteiger partial charge in [-0.25, -0.2) is 0 Å². The maximum absolute atomic E-state index is 5.59. The van der Waals surface area contributed by atoms with Crippen LogP contribution in [0.2, 0.25) is 0 Å². The average Bonchev–Trinajstić information content (AvgIpc) is 2.58. The minimum atomic E-state index is 0.207. The third kappa shape index (κ3) is 3.28. The molecule has 0 amide bonds. The Morgan fingerprint density at radius 2 is 2.00 bits per heavy atom. The zero-order valence-electron chi connectivity index (χ0n) is 9.73. The van der Waals surface area contributed by atoms with Crippen LogP contribution in [0.4, 0.5) is 0 Å². The van der Waals surface area contributed by atoms with Gasteiger partial charge in [0.2, 0.25) is 0 Å². The molecule has 0 aliphatic heterocycles. The smallest absolute Gasteiger partial charge is 0.159 e. The summed E-state index contributed by atoms with van der Waals surface area (Å²) in [7, 11) is 0. The largest absolute Gasteiger partial charge is 0.371 e. The van der Waals surface area contributed by atoms with E-state index in [9.17, 15) is 0 Å². The fourth-order valence-electron chi connectivity index (χ4n) is 1.35. The topological polar surface area (TPSA) is 66.0 Å². The summed E-state index contributed by atoms with van der Waals surface area (Å²) in [6.07, 6.45) is 1.25. The first kappa shape index (κ1) is 12.1. The standard InChI is InChI=1S/C10H20N4O/c1-4-5-14-9(6-11)12-13-10(14)7-15-8(2)3/h8H,4-7,11H2,1-3H3. The van der Waals surface area contributed by atoms with E-state index < -0.39 is 0 Å². The summed E-state index contributed by atoms with van der Waals surface area (Å²) in [6.45, 7) is 7.96. The van der Waals surface area contributed by atoms with Gasteiger partial charge in [-0.1, -0.05) is 6.92 Å². The fraction of sp³-hybridized carbons (Fsp3) is 0.800. The lowest BCUT2D eigenvalue weighted by molar-refractivity contribution is 0.0591. The van der Waals surface area contributed by atoms with Crippen molar-refractivity contribution in [1.82, 2.24) is 14.8 Å². The molecule has 0 saturated heterocycles. The first-order chi connectivity index (χ1) is 7.19. The molecule has 0 saturated carbocycles. The highest BCUT2D eigenvalue weighted by molar-refractivity contribution is 4.94. The molecule has 0 aromatic carbocycles. The third-order valence-electron chi connectivity index (χ3n) is 2.08. The van der Waals surface area contributed by atoms with Crippen molar-refractivity contribution in [3.8, 4) is 0 Å². The van der Waals surface area contributed by atoms with E-state index in [4.69, 9.17) is 10.5 Å². The van der Waals surface area contributed by atoms with Crippen molar-refractivity contribution in [3.63, 3.8) is 0 Å². The zero-order valence-corrected chi connectivity index (χ0v) is 9.73. The SMILES string of the molecule is CCCn1c(CN)nnc1COC(C)C. The van der Waals surface area contributed by atoms with Crippen LogP contribution in [0.5, 0.6) is 0 Å². The Morgan fingerprint density at radius 1 is 1.33 bits per heavy atom. The molecule has 0 fully saturated rings. The van der Waals surface area contributed by atoms with Crippen LogP contribution in [-0.4, -0.2) is 20.9 Å². The van der Waals surface area contributed by atoms with Gasteiger partial charge in [-0.05, 0) is 20.3 Å². The summed E-state index contributed by atoms with van der Waals surface area (Å²) in [4.78, 5) is 0. The molecule has 0 spiro atoms. The van der Waals surface area contributed by atoms with E-state index in [1.54, 1.807) is 0 Å². The Bertz CT molecular complexity index is 296. The Labute approximate surface area is 90.6 Å². The molecular weight excluding hydrogens is 192 g/mol. The van der Waals surface area contributed by atoms with Gasteiger partial charge in [0.05, 0.1) is 12.6 Å². The molecule has 15 heavy (non-hydrogen) atoms. The van der Waals surface area contributed by atoms with Gasteiger partial charge in [0.1, 0.15) is 12.4 Å². The zero-order chi connectivity index (χ0) is 11.3. The summed E-state index contributed by atoms with van der Waals surface area (Å²) in [6, 6.07) is 0. The van der Waals surface area contributed by atoms with Crippen LogP contribution in [-0.2, 0) is 24.4 Å². The van der Waals surface area contributed by atoms with Crippen molar-refractivity contribution in [2.75, 3.05) is 0 Å². The van der Waals surface area contributed by atoms with E-state index in [0.717, 1.165) is 24.6 Å². The predicted molar refractivity (Wildman–Crippen MR) is 58.1 cm³/mol. The van der Waals surface area contributed by atoms with Gasteiger partial charge in [0.15, 0.2) is 5.82 Å². The highest BCUT2D eigenvalue weighted by atomic mass is 16.5. The van der Waals surface area contributed by atoms with Crippen molar-refractivity contribution in [2.45, 2.75) is 53.0 Å². The van der Waals surface area contributed by atoms with E-state index in [-0.39, 0.29) is 6.10 Å². The van der Waals surface area contributed by atoms with Gasteiger partial charge in [0, 0.05) is 6.54 Å². The molecular formula is C10H20N4O. The second-order valence-corrected chi connectivity index (χ2v) is 3.75. The number of nitrogens with two attached hydrogens (primary N) is 1. The van der Waals surface area contributed by atoms with Crippen LogP contribution in [0.1, 0.15) is 38.8 Å². The molecule has 0 radical (unpaired) electrons. The molecule has 0 atom stereocenters. The number of hydrogen-bond donors (Lipinski definition) is 1. The maximum Gasteiger partial charge on any atom is 0.159 e. The Balaban J connectivity index is 2.72. The van der Waals surface area contributed by atoms with Gasteiger partial charge in [-0.15, -0.1) is 10.2 Å². The molecule has 0 bridgehead atoms. The second-order valence-electron chi connectivity index (χ2n) is 3.75. The van der Waals surface area contributed by atoms with Crippen LogP contribution in [0.15, 0.2) is 0 Å². The minimum absolute atomic E-state index is 0.207. The molecule has 5 nitrogen and oxygen atoms in total. The van der Waals surface area contributed by atoms with Crippen LogP contribution in [0, 0.1) is 0 Å². The summed E-state index contributed by atoms with van der Waals surface area (Å²) in [5.41, 5.74) is 5.59. The van der Waals surface area contributed by atoms with Gasteiger partial charge < -0.3 is 15.0 Å². The van der Waals surface area contributed by atoms with E-state index >= 15 is 0 Å². The summed E-state index contributed by atoms with van der Waals surface area (Å²) < 4.78 is 7.55. The van der Waals surface area contributed by atoms with Crippen LogP contribution in [0.25, 0.3) is 0 Å². The van der Waals surface area contributed by atoms with Crippen molar-refractivity contribution in [2.24, 2.45) is 5.73 Å². The lowest BCUT2D eigenvalue weighted by Crippen LogP contribution is -2.13. The van der Waals surface area contributed by atoms with Crippen molar-refractivity contribution >= 4 is 0 Å². The van der Waals surface area contributed by atoms with E-state index in [0.29, 0.717) is 13.2 Å². The first-order valence-corrected chi connectivity index (χ1v) is 5.41. The molecule has 1 heterocycles. The van der Waals surface area contributed by atoms with Crippen molar-refractivity contribution in [1.29, 1.82) is 0 Å². The lowest BCUT2D eigenvalue weighted by Gasteiger charge is -2.10. The van der Waals surface area contributed by atoms with E-state index in [2.05, 4.69) is 17.1 Å². The second kappa shape index (κ2) is 5.82. The number of rotatable bonds is 6. The van der Waals surface area contributed by atoms with E-state index in [1.807, 2.05) is 18.4 Å². The van der Waals surface area contributed by atoms with Gasteiger partial charge in [-0.2, -0.15) is 0 Å². The van der Waals surface area contributed by atoms with Crippen molar-refractivity contribution in [3.05, 3.63) is 11.6 Å². The number of hydrogen-bond acceptors (Lipinski definition) is 4. The van der Waals surface area contributed by atoms with Gasteiger partial charge in [-0.3, -0.25) is 0 Å². The number of aromatic nitrogens is 3. The van der Waals surface area contributed by atoms with Crippen molar-refractivity contribution < 1.29 is 4.74 Å². The number of ether oxygens (including phenoxy) is 1. The van der Waals surface area contributed by atoms with Crippen LogP contribution < -0.4 is 5.73 Å². The van der Waals surface area contributed by atoms with Crippen LogP contribution >= 0.6 is 0 Å². The van der Waals surface area contributed by atoms with E-state index in [1.165, 1.54) is 0 Å². The molecule has 2 N–H and O–H groups in total. The molecule has 1 aromatic heterocycles. The van der Waals surface area contributed by atoms with Crippen LogP contribution in [0.3, 0.4) is 0 Å².